The SMILES string of the molecule is COc1cc(-c2nc3cccc(Cl)c3o2)ccc1C(C)C. The van der Waals surface area contributed by atoms with E-state index >= 15 is 0 Å². The third-order valence-electron chi connectivity index (χ3n) is 3.47. The highest BCUT2D eigenvalue weighted by Crippen LogP contribution is 2.33. The Balaban J connectivity index is 2.12. The lowest BCUT2D eigenvalue weighted by Crippen LogP contribution is -1.94. The van der Waals surface area contributed by atoms with E-state index in [-0.39, 0.29) is 0 Å². The molecule has 0 aliphatic heterocycles. The monoisotopic (exact) mass is 301 g/mol. The number of fused-ring (bicyclic) bond motifs is 1. The van der Waals surface area contributed by atoms with Gasteiger partial charge >= 0.3 is 0 Å². The summed E-state index contributed by atoms with van der Waals surface area (Å²) < 4.78 is 11.3. The fraction of sp³-hybridized carbons (Fsp3) is 0.235. The van der Waals surface area contributed by atoms with Gasteiger partial charge in [0.1, 0.15) is 11.3 Å². The number of aromatic nitrogens is 1. The number of benzene rings is 2. The number of hydrogen-bond acceptors (Lipinski definition) is 3. The molecule has 0 aliphatic rings. The Kier molecular flexibility index (Phi) is 3.60. The molecule has 0 unspecified atom stereocenters. The van der Waals surface area contributed by atoms with Crippen molar-refractivity contribution in [3.8, 4) is 17.2 Å². The van der Waals surface area contributed by atoms with Crippen LogP contribution in [0.25, 0.3) is 22.6 Å². The van der Waals surface area contributed by atoms with Crippen molar-refractivity contribution in [2.45, 2.75) is 19.8 Å². The Hall–Kier alpha value is -2.00. The van der Waals surface area contributed by atoms with E-state index in [1.165, 1.54) is 0 Å². The van der Waals surface area contributed by atoms with Crippen LogP contribution in [0.1, 0.15) is 25.3 Å². The van der Waals surface area contributed by atoms with Crippen LogP contribution in [0.2, 0.25) is 5.02 Å². The second kappa shape index (κ2) is 5.41. The Morgan fingerprint density at radius 3 is 2.67 bits per heavy atom. The van der Waals surface area contributed by atoms with Crippen molar-refractivity contribution < 1.29 is 9.15 Å². The van der Waals surface area contributed by atoms with Crippen molar-refractivity contribution in [2.75, 3.05) is 7.11 Å². The first kappa shape index (κ1) is 14.0. The van der Waals surface area contributed by atoms with Crippen molar-refractivity contribution in [2.24, 2.45) is 0 Å². The molecule has 0 spiro atoms. The third-order valence-corrected chi connectivity index (χ3v) is 3.77. The molecule has 3 nitrogen and oxygen atoms in total. The van der Waals surface area contributed by atoms with Gasteiger partial charge in [0.2, 0.25) is 5.89 Å². The Morgan fingerprint density at radius 2 is 2.00 bits per heavy atom. The number of para-hydroxylation sites is 1. The number of methoxy groups -OCH3 is 1. The number of nitrogens with zero attached hydrogens (tertiary/aromatic N) is 1. The first-order valence-electron chi connectivity index (χ1n) is 6.83. The molecule has 0 radical (unpaired) electrons. The van der Waals surface area contributed by atoms with Gasteiger partial charge in [0.15, 0.2) is 5.58 Å². The molecule has 1 aromatic heterocycles. The highest BCUT2D eigenvalue weighted by Gasteiger charge is 2.14. The maximum absolute atomic E-state index is 6.12. The van der Waals surface area contributed by atoms with Crippen molar-refractivity contribution in [3.05, 3.63) is 47.0 Å². The lowest BCUT2D eigenvalue weighted by molar-refractivity contribution is 0.407. The summed E-state index contributed by atoms with van der Waals surface area (Å²) in [5.41, 5.74) is 3.41. The average molecular weight is 302 g/mol. The lowest BCUT2D eigenvalue weighted by atomic mass is 10.0. The minimum Gasteiger partial charge on any atom is -0.496 e. The standard InChI is InChI=1S/C17H16ClNO2/c1-10(2)12-8-7-11(9-15(12)20-3)17-19-14-6-4-5-13(18)16(14)21-17/h4-10H,1-3H3. The second-order valence-corrected chi connectivity index (χ2v) is 5.63. The molecule has 0 amide bonds. The largest absolute Gasteiger partial charge is 0.496 e. The Bertz CT molecular complexity index is 793. The minimum atomic E-state index is 0.395. The topological polar surface area (TPSA) is 35.3 Å². The fourth-order valence-electron chi connectivity index (χ4n) is 2.36. The van der Waals surface area contributed by atoms with Gasteiger partial charge < -0.3 is 9.15 Å². The molecule has 1 heterocycles. The number of oxazole rings is 1. The summed E-state index contributed by atoms with van der Waals surface area (Å²) >= 11 is 6.12. The van der Waals surface area contributed by atoms with Gasteiger partial charge in [0.05, 0.1) is 12.1 Å². The van der Waals surface area contributed by atoms with Gasteiger partial charge in [-0.1, -0.05) is 37.6 Å². The predicted octanol–water partition coefficient (Wildman–Crippen LogP) is 5.28. The van der Waals surface area contributed by atoms with Gasteiger partial charge in [-0.3, -0.25) is 0 Å². The number of rotatable bonds is 3. The van der Waals surface area contributed by atoms with Crippen LogP contribution in [0.15, 0.2) is 40.8 Å². The summed E-state index contributed by atoms with van der Waals surface area (Å²) in [6, 6.07) is 11.5. The van der Waals surface area contributed by atoms with Gasteiger partial charge in [0.25, 0.3) is 0 Å². The van der Waals surface area contributed by atoms with Crippen LogP contribution in [0.5, 0.6) is 5.75 Å². The van der Waals surface area contributed by atoms with Crippen LogP contribution >= 0.6 is 11.6 Å². The molecule has 3 rings (SSSR count). The first-order chi connectivity index (χ1) is 10.1. The number of hydrogen-bond donors (Lipinski definition) is 0. The summed E-state index contributed by atoms with van der Waals surface area (Å²) in [6.07, 6.45) is 0. The van der Waals surface area contributed by atoms with E-state index in [0.29, 0.717) is 22.4 Å². The molecule has 3 aromatic rings. The molecule has 4 heteroatoms. The van der Waals surface area contributed by atoms with E-state index in [0.717, 1.165) is 22.4 Å². The van der Waals surface area contributed by atoms with Gasteiger partial charge in [-0.2, -0.15) is 0 Å². The number of ether oxygens (including phenoxy) is 1. The molecule has 0 atom stereocenters. The maximum atomic E-state index is 6.12. The van der Waals surface area contributed by atoms with Crippen molar-refractivity contribution >= 4 is 22.7 Å². The maximum Gasteiger partial charge on any atom is 0.227 e. The average Bonchev–Trinajstić information content (AvgIpc) is 2.92. The van der Waals surface area contributed by atoms with Gasteiger partial charge in [-0.05, 0) is 35.7 Å². The molecule has 0 aliphatic carbocycles. The zero-order chi connectivity index (χ0) is 15.0. The van der Waals surface area contributed by atoms with Crippen LogP contribution in [-0.4, -0.2) is 12.1 Å². The smallest absolute Gasteiger partial charge is 0.227 e. The van der Waals surface area contributed by atoms with E-state index in [2.05, 4.69) is 24.9 Å². The molecule has 0 saturated carbocycles. The van der Waals surface area contributed by atoms with E-state index in [9.17, 15) is 0 Å². The third kappa shape index (κ3) is 2.49. The van der Waals surface area contributed by atoms with E-state index in [1.807, 2.05) is 24.3 Å². The molecule has 108 valence electrons. The molecular formula is C17H16ClNO2. The molecule has 21 heavy (non-hydrogen) atoms. The van der Waals surface area contributed by atoms with Gasteiger partial charge in [-0.15, -0.1) is 0 Å². The van der Waals surface area contributed by atoms with E-state index in [1.54, 1.807) is 13.2 Å². The second-order valence-electron chi connectivity index (χ2n) is 5.22. The normalized spacial score (nSPS) is 11.3. The Labute approximate surface area is 128 Å². The summed E-state index contributed by atoms with van der Waals surface area (Å²) in [7, 11) is 1.67. The van der Waals surface area contributed by atoms with E-state index in [4.69, 9.17) is 20.8 Å². The van der Waals surface area contributed by atoms with Crippen molar-refractivity contribution in [1.82, 2.24) is 4.98 Å². The first-order valence-corrected chi connectivity index (χ1v) is 7.21. The quantitative estimate of drug-likeness (QED) is 0.660. The van der Waals surface area contributed by atoms with Gasteiger partial charge in [-0.25, -0.2) is 4.98 Å². The summed E-state index contributed by atoms with van der Waals surface area (Å²) in [4.78, 5) is 4.49. The summed E-state index contributed by atoms with van der Waals surface area (Å²) in [6.45, 7) is 4.27. The van der Waals surface area contributed by atoms with Crippen LogP contribution in [-0.2, 0) is 0 Å². The molecule has 2 aromatic carbocycles. The molecule has 0 bridgehead atoms. The zero-order valence-electron chi connectivity index (χ0n) is 12.2. The summed E-state index contributed by atoms with van der Waals surface area (Å²) in [5, 5.41) is 0.567. The highest BCUT2D eigenvalue weighted by atomic mass is 35.5. The summed E-state index contributed by atoms with van der Waals surface area (Å²) in [5.74, 6) is 1.79. The fourth-order valence-corrected chi connectivity index (χ4v) is 2.57. The van der Waals surface area contributed by atoms with Crippen LogP contribution in [0.4, 0.5) is 0 Å². The molecule has 0 fully saturated rings. The molecule has 0 saturated heterocycles. The molecule has 0 N–H and O–H groups in total. The van der Waals surface area contributed by atoms with E-state index < -0.39 is 0 Å². The predicted molar refractivity (Wildman–Crippen MR) is 85.1 cm³/mol. The minimum absolute atomic E-state index is 0.395. The van der Waals surface area contributed by atoms with Crippen molar-refractivity contribution in [3.63, 3.8) is 0 Å². The van der Waals surface area contributed by atoms with Crippen LogP contribution < -0.4 is 4.74 Å². The van der Waals surface area contributed by atoms with Crippen molar-refractivity contribution in [1.29, 1.82) is 0 Å². The van der Waals surface area contributed by atoms with Crippen LogP contribution in [0.3, 0.4) is 0 Å². The highest BCUT2D eigenvalue weighted by molar-refractivity contribution is 6.34. The number of halogens is 1. The van der Waals surface area contributed by atoms with Crippen LogP contribution in [0, 0.1) is 0 Å². The lowest BCUT2D eigenvalue weighted by Gasteiger charge is -2.12. The Morgan fingerprint density at radius 1 is 1.19 bits per heavy atom. The zero-order valence-corrected chi connectivity index (χ0v) is 12.9. The molecular weight excluding hydrogens is 286 g/mol. The van der Waals surface area contributed by atoms with Gasteiger partial charge in [0, 0.05) is 5.56 Å².